The number of nitrogens with one attached hydrogen (secondary N) is 1. The van der Waals surface area contributed by atoms with Gasteiger partial charge in [0, 0.05) is 5.69 Å². The molecule has 0 fully saturated rings. The van der Waals surface area contributed by atoms with Gasteiger partial charge in [-0.25, -0.2) is 4.68 Å². The molecule has 21 heavy (non-hydrogen) atoms. The van der Waals surface area contributed by atoms with E-state index >= 15 is 0 Å². The van der Waals surface area contributed by atoms with Crippen LogP contribution in [0.1, 0.15) is 11.3 Å². The highest BCUT2D eigenvalue weighted by atomic mass is 19.1. The molecule has 0 radical (unpaired) electrons. The molecule has 0 saturated carbocycles. The maximum Gasteiger partial charge on any atom is 0.330 e. The smallest absolute Gasteiger partial charge is 0.330 e. The SMILES string of the molecule is Cc1[nH]n(-c2cccc(F)c2[N+](=O)[O-])c(=O)c1CC(=O)O. The molecule has 8 nitrogen and oxygen atoms in total. The number of aromatic amines is 1. The minimum Gasteiger partial charge on any atom is -0.481 e. The van der Waals surface area contributed by atoms with Gasteiger partial charge in [0.15, 0.2) is 0 Å². The number of halogens is 1. The second kappa shape index (κ2) is 5.19. The summed E-state index contributed by atoms with van der Waals surface area (Å²) in [5.74, 6) is -2.30. The molecule has 2 rings (SSSR count). The minimum atomic E-state index is -1.21. The van der Waals surface area contributed by atoms with Crippen molar-refractivity contribution in [3.05, 3.63) is 55.7 Å². The monoisotopic (exact) mass is 295 g/mol. The van der Waals surface area contributed by atoms with E-state index in [4.69, 9.17) is 5.11 Å². The number of nitro benzene ring substituents is 1. The van der Waals surface area contributed by atoms with Crippen LogP contribution in [-0.4, -0.2) is 25.8 Å². The van der Waals surface area contributed by atoms with Gasteiger partial charge in [0.1, 0.15) is 5.69 Å². The Labute approximate surface area is 116 Å². The maximum absolute atomic E-state index is 13.6. The molecule has 2 N–H and O–H groups in total. The summed E-state index contributed by atoms with van der Waals surface area (Å²) in [4.78, 5) is 32.9. The van der Waals surface area contributed by atoms with E-state index < -0.39 is 34.4 Å². The normalized spacial score (nSPS) is 10.6. The first-order valence-electron chi connectivity index (χ1n) is 5.78. The number of carbonyl (C=O) groups is 1. The first-order valence-corrected chi connectivity index (χ1v) is 5.78. The van der Waals surface area contributed by atoms with Crippen LogP contribution in [0.5, 0.6) is 0 Å². The Morgan fingerprint density at radius 3 is 2.76 bits per heavy atom. The van der Waals surface area contributed by atoms with E-state index in [0.717, 1.165) is 10.7 Å². The number of aryl methyl sites for hydroxylation is 1. The standard InChI is InChI=1S/C12H10FN3O5/c1-6-7(5-10(17)18)12(19)15(14-6)9-4-2-3-8(13)11(9)16(20)21/h2-4,14H,5H2,1H3,(H,17,18). The van der Waals surface area contributed by atoms with E-state index in [9.17, 15) is 24.1 Å². The Bertz CT molecular complexity index is 793. The lowest BCUT2D eigenvalue weighted by Crippen LogP contribution is -2.20. The quantitative estimate of drug-likeness (QED) is 0.648. The van der Waals surface area contributed by atoms with Gasteiger partial charge in [-0.1, -0.05) is 6.07 Å². The Morgan fingerprint density at radius 1 is 1.52 bits per heavy atom. The molecule has 1 heterocycles. The number of hydrogen-bond acceptors (Lipinski definition) is 4. The van der Waals surface area contributed by atoms with Crippen molar-refractivity contribution in [3.63, 3.8) is 0 Å². The number of rotatable bonds is 4. The number of benzene rings is 1. The average Bonchev–Trinajstić information content (AvgIpc) is 2.65. The summed E-state index contributed by atoms with van der Waals surface area (Å²) >= 11 is 0. The Balaban J connectivity index is 2.70. The molecule has 2 aromatic rings. The van der Waals surface area contributed by atoms with E-state index in [-0.39, 0.29) is 16.9 Å². The van der Waals surface area contributed by atoms with Gasteiger partial charge >= 0.3 is 11.7 Å². The molecule has 110 valence electrons. The largest absolute Gasteiger partial charge is 0.481 e. The van der Waals surface area contributed by atoms with Crippen molar-refractivity contribution in [3.8, 4) is 5.69 Å². The summed E-state index contributed by atoms with van der Waals surface area (Å²) in [5.41, 5.74) is -1.70. The summed E-state index contributed by atoms with van der Waals surface area (Å²) in [6, 6.07) is 3.32. The molecule has 9 heteroatoms. The van der Waals surface area contributed by atoms with Crippen LogP contribution in [0, 0.1) is 22.9 Å². The average molecular weight is 295 g/mol. The number of hydrogen-bond donors (Lipinski definition) is 2. The van der Waals surface area contributed by atoms with E-state index in [0.29, 0.717) is 0 Å². The molecule has 0 atom stereocenters. The lowest BCUT2D eigenvalue weighted by atomic mass is 10.2. The van der Waals surface area contributed by atoms with Crippen LogP contribution in [0.3, 0.4) is 0 Å². The highest BCUT2D eigenvalue weighted by Crippen LogP contribution is 2.24. The first-order chi connectivity index (χ1) is 9.82. The van der Waals surface area contributed by atoms with Crippen LogP contribution in [0.15, 0.2) is 23.0 Å². The molecule has 0 aliphatic heterocycles. The molecular weight excluding hydrogens is 285 g/mol. The fourth-order valence-corrected chi connectivity index (χ4v) is 1.98. The summed E-state index contributed by atoms with van der Waals surface area (Å²) in [6.07, 6.45) is -0.530. The number of nitrogens with zero attached hydrogens (tertiary/aromatic N) is 2. The van der Waals surface area contributed by atoms with Crippen LogP contribution in [0.4, 0.5) is 10.1 Å². The zero-order chi connectivity index (χ0) is 15.7. The predicted octanol–water partition coefficient (Wildman–Crippen LogP) is 1.15. The number of para-hydroxylation sites is 1. The van der Waals surface area contributed by atoms with Crippen LogP contribution in [-0.2, 0) is 11.2 Å². The Hall–Kier alpha value is -2.97. The fraction of sp³-hybridized carbons (Fsp3) is 0.167. The van der Waals surface area contributed by atoms with Crippen LogP contribution in [0.25, 0.3) is 5.69 Å². The third-order valence-electron chi connectivity index (χ3n) is 2.91. The van der Waals surface area contributed by atoms with Crippen molar-refractivity contribution in [2.24, 2.45) is 0 Å². The highest BCUT2D eigenvalue weighted by molar-refractivity contribution is 5.70. The summed E-state index contributed by atoms with van der Waals surface area (Å²) in [7, 11) is 0. The lowest BCUT2D eigenvalue weighted by Gasteiger charge is -2.03. The van der Waals surface area contributed by atoms with Gasteiger partial charge in [0.2, 0.25) is 5.82 Å². The molecule has 0 aliphatic carbocycles. The number of aromatic nitrogens is 2. The van der Waals surface area contributed by atoms with Gasteiger partial charge in [-0.2, -0.15) is 4.39 Å². The fourth-order valence-electron chi connectivity index (χ4n) is 1.98. The molecule has 0 amide bonds. The van der Waals surface area contributed by atoms with E-state index in [1.165, 1.54) is 19.1 Å². The minimum absolute atomic E-state index is 0.0407. The first kappa shape index (κ1) is 14.4. The second-order valence-corrected chi connectivity index (χ2v) is 4.29. The third kappa shape index (κ3) is 2.53. The number of carboxylic acid groups (broad SMARTS) is 1. The zero-order valence-corrected chi connectivity index (χ0v) is 10.8. The van der Waals surface area contributed by atoms with Gasteiger partial charge in [0.25, 0.3) is 5.56 Å². The van der Waals surface area contributed by atoms with Crippen LogP contribution < -0.4 is 5.56 Å². The van der Waals surface area contributed by atoms with Gasteiger partial charge in [-0.05, 0) is 19.1 Å². The molecule has 1 aromatic heterocycles. The summed E-state index contributed by atoms with van der Waals surface area (Å²) < 4.78 is 14.3. The predicted molar refractivity (Wildman–Crippen MR) is 69.1 cm³/mol. The Morgan fingerprint density at radius 2 is 2.19 bits per heavy atom. The topological polar surface area (TPSA) is 118 Å². The lowest BCUT2D eigenvalue weighted by molar-refractivity contribution is -0.387. The second-order valence-electron chi connectivity index (χ2n) is 4.29. The molecule has 0 spiro atoms. The summed E-state index contributed by atoms with van der Waals surface area (Å²) in [5, 5.41) is 22.2. The number of nitro groups is 1. The van der Waals surface area contributed by atoms with Gasteiger partial charge in [-0.15, -0.1) is 0 Å². The molecule has 1 aromatic carbocycles. The van der Waals surface area contributed by atoms with E-state index in [2.05, 4.69) is 5.10 Å². The summed E-state index contributed by atoms with van der Waals surface area (Å²) in [6.45, 7) is 1.46. The van der Waals surface area contributed by atoms with Gasteiger partial charge in [-0.3, -0.25) is 24.8 Å². The zero-order valence-electron chi connectivity index (χ0n) is 10.8. The molecule has 0 bridgehead atoms. The number of aliphatic carboxylic acids is 1. The number of carboxylic acids is 1. The van der Waals surface area contributed by atoms with Crippen molar-refractivity contribution in [1.29, 1.82) is 0 Å². The highest BCUT2D eigenvalue weighted by Gasteiger charge is 2.24. The van der Waals surface area contributed by atoms with Gasteiger partial charge < -0.3 is 5.11 Å². The van der Waals surface area contributed by atoms with Crippen molar-refractivity contribution >= 4 is 11.7 Å². The molecule has 0 unspecified atom stereocenters. The van der Waals surface area contributed by atoms with Gasteiger partial charge in [0.05, 0.1) is 16.9 Å². The van der Waals surface area contributed by atoms with Crippen molar-refractivity contribution in [2.75, 3.05) is 0 Å². The van der Waals surface area contributed by atoms with E-state index in [1.807, 2.05) is 0 Å². The van der Waals surface area contributed by atoms with Crippen molar-refractivity contribution in [2.45, 2.75) is 13.3 Å². The Kier molecular flexibility index (Phi) is 3.57. The van der Waals surface area contributed by atoms with Crippen molar-refractivity contribution in [1.82, 2.24) is 9.78 Å². The molecule has 0 saturated heterocycles. The van der Waals surface area contributed by atoms with Crippen LogP contribution in [0.2, 0.25) is 0 Å². The van der Waals surface area contributed by atoms with Crippen LogP contribution >= 0.6 is 0 Å². The third-order valence-corrected chi connectivity index (χ3v) is 2.91. The molecular formula is C12H10FN3O5. The molecule has 0 aliphatic rings. The maximum atomic E-state index is 13.6. The number of H-pyrrole nitrogens is 1. The van der Waals surface area contributed by atoms with Crippen molar-refractivity contribution < 1.29 is 19.2 Å². The van der Waals surface area contributed by atoms with E-state index in [1.54, 1.807) is 0 Å².